The van der Waals surface area contributed by atoms with E-state index in [1.807, 2.05) is 0 Å². The zero-order chi connectivity index (χ0) is 31.7. The first kappa shape index (κ1) is 34.2. The number of aliphatic hydroxyl groups is 1. The van der Waals surface area contributed by atoms with Crippen LogP contribution in [0.3, 0.4) is 0 Å². The fraction of sp³-hybridized carbons (Fsp3) is 1.00. The molecule has 7 aliphatic rings. The second-order valence-electron chi connectivity index (χ2n) is 17.1. The molecule has 4 saturated carbocycles. The average molecular weight is 647 g/mol. The van der Waals surface area contributed by atoms with Gasteiger partial charge in [-0.15, -0.1) is 0 Å². The maximum atomic E-state index is 9.73. The van der Waals surface area contributed by atoms with Crippen molar-refractivity contribution in [2.24, 2.45) is 46.3 Å². The molecular formula is C39H66O7. The van der Waals surface area contributed by atoms with Crippen molar-refractivity contribution >= 4 is 0 Å². The van der Waals surface area contributed by atoms with Gasteiger partial charge in [0.25, 0.3) is 0 Å². The van der Waals surface area contributed by atoms with Crippen LogP contribution in [0.15, 0.2) is 0 Å². The van der Waals surface area contributed by atoms with Crippen LogP contribution in [0.1, 0.15) is 136 Å². The third-order valence-corrected chi connectivity index (χ3v) is 14.7. The Morgan fingerprint density at radius 2 is 1.37 bits per heavy atom. The molecule has 4 aliphatic carbocycles. The normalized spacial score (nSPS) is 48.7. The molecule has 3 saturated heterocycles. The summed E-state index contributed by atoms with van der Waals surface area (Å²) in [4.78, 5) is 0. The number of hydrogen-bond acceptors (Lipinski definition) is 7. The summed E-state index contributed by atoms with van der Waals surface area (Å²) in [5.41, 5.74) is 0.329. The molecule has 0 spiro atoms. The molecule has 7 nitrogen and oxygen atoms in total. The van der Waals surface area contributed by atoms with Crippen molar-refractivity contribution in [3.8, 4) is 0 Å². The summed E-state index contributed by atoms with van der Waals surface area (Å²) in [6.07, 6.45) is 20.9. The molecule has 0 aromatic heterocycles. The van der Waals surface area contributed by atoms with Gasteiger partial charge in [-0.05, 0) is 156 Å². The first-order chi connectivity index (χ1) is 22.4. The Kier molecular flexibility index (Phi) is 11.1. The number of aliphatic hydroxyl groups excluding tert-OH is 1. The van der Waals surface area contributed by atoms with Gasteiger partial charge in [0.1, 0.15) is 0 Å². The van der Waals surface area contributed by atoms with Crippen molar-refractivity contribution in [2.45, 2.75) is 174 Å². The maximum absolute atomic E-state index is 9.73. The monoisotopic (exact) mass is 646 g/mol. The predicted octanol–water partition coefficient (Wildman–Crippen LogP) is 8.01. The molecule has 46 heavy (non-hydrogen) atoms. The van der Waals surface area contributed by atoms with Crippen molar-refractivity contribution in [2.75, 3.05) is 26.4 Å². The quantitative estimate of drug-likeness (QED) is 0.241. The van der Waals surface area contributed by atoms with Gasteiger partial charge in [-0.3, -0.25) is 0 Å². The zero-order valence-corrected chi connectivity index (χ0v) is 29.4. The lowest BCUT2D eigenvalue weighted by molar-refractivity contribution is -0.289. The van der Waals surface area contributed by atoms with Gasteiger partial charge < -0.3 is 33.5 Å². The Morgan fingerprint density at radius 1 is 0.717 bits per heavy atom. The van der Waals surface area contributed by atoms with Gasteiger partial charge in [-0.2, -0.15) is 0 Å². The topological polar surface area (TPSA) is 75.6 Å². The Labute approximate surface area is 279 Å². The van der Waals surface area contributed by atoms with Crippen molar-refractivity contribution in [1.29, 1.82) is 0 Å². The fourth-order valence-corrected chi connectivity index (χ4v) is 12.2. The van der Waals surface area contributed by atoms with E-state index in [1.165, 1.54) is 38.5 Å². The van der Waals surface area contributed by atoms with Crippen molar-refractivity contribution in [3.05, 3.63) is 0 Å². The Balaban J connectivity index is 1.19. The second-order valence-corrected chi connectivity index (χ2v) is 17.1. The first-order valence-electron chi connectivity index (χ1n) is 19.8. The van der Waals surface area contributed by atoms with Crippen LogP contribution in [0, 0.1) is 46.3 Å². The molecule has 3 aliphatic heterocycles. The molecule has 14 atom stereocenters. The first-order valence-corrected chi connectivity index (χ1v) is 19.8. The minimum atomic E-state index is -0.0729. The lowest BCUT2D eigenvalue weighted by Crippen LogP contribution is -2.64. The lowest BCUT2D eigenvalue weighted by atomic mass is 9.43. The van der Waals surface area contributed by atoms with Gasteiger partial charge in [0.15, 0.2) is 18.9 Å². The van der Waals surface area contributed by atoms with E-state index in [-0.39, 0.29) is 54.6 Å². The van der Waals surface area contributed by atoms with Gasteiger partial charge in [-0.25, -0.2) is 0 Å². The summed E-state index contributed by atoms with van der Waals surface area (Å²) in [6.45, 7) is 10.5. The average Bonchev–Trinajstić information content (AvgIpc) is 3.44. The molecule has 264 valence electrons. The molecular weight excluding hydrogens is 580 g/mol. The highest BCUT2D eigenvalue weighted by Crippen LogP contribution is 2.69. The number of hydrogen-bond donors (Lipinski definition) is 1. The molecule has 0 aromatic rings. The van der Waals surface area contributed by atoms with Crippen LogP contribution >= 0.6 is 0 Å². The molecule has 0 amide bonds. The van der Waals surface area contributed by atoms with Crippen molar-refractivity contribution < 1.29 is 33.5 Å². The molecule has 0 radical (unpaired) electrons. The van der Waals surface area contributed by atoms with E-state index >= 15 is 0 Å². The Morgan fingerprint density at radius 3 is 2.00 bits per heavy atom. The molecule has 7 rings (SSSR count). The molecule has 0 bridgehead atoms. The Bertz CT molecular complexity index is 960. The Hall–Kier alpha value is -0.280. The van der Waals surface area contributed by atoms with Gasteiger partial charge in [0, 0.05) is 31.8 Å². The third-order valence-electron chi connectivity index (χ3n) is 14.7. The largest absolute Gasteiger partial charge is 0.396 e. The minimum absolute atomic E-state index is 0.0194. The molecule has 7 fully saturated rings. The molecule has 3 heterocycles. The fourth-order valence-electron chi connectivity index (χ4n) is 12.2. The highest BCUT2D eigenvalue weighted by Gasteiger charge is 2.67. The molecule has 3 unspecified atom stereocenters. The minimum Gasteiger partial charge on any atom is -0.396 e. The lowest BCUT2D eigenvalue weighted by Gasteiger charge is -2.65. The summed E-state index contributed by atoms with van der Waals surface area (Å²) in [5, 5.41) is 9.73. The summed E-state index contributed by atoms with van der Waals surface area (Å²) in [6, 6.07) is 0. The molecule has 1 N–H and O–H groups in total. The van der Waals surface area contributed by atoms with Crippen LogP contribution in [0.2, 0.25) is 0 Å². The smallest absolute Gasteiger partial charge is 0.157 e. The van der Waals surface area contributed by atoms with Crippen LogP contribution in [-0.4, -0.2) is 68.7 Å². The van der Waals surface area contributed by atoms with Crippen LogP contribution in [0.4, 0.5) is 0 Å². The summed E-state index contributed by atoms with van der Waals surface area (Å²) in [7, 11) is 0. The summed E-state index contributed by atoms with van der Waals surface area (Å²) >= 11 is 0. The van der Waals surface area contributed by atoms with Crippen molar-refractivity contribution in [3.63, 3.8) is 0 Å². The van der Waals surface area contributed by atoms with E-state index in [0.29, 0.717) is 35.5 Å². The van der Waals surface area contributed by atoms with Crippen LogP contribution < -0.4 is 0 Å². The second kappa shape index (κ2) is 14.9. The van der Waals surface area contributed by atoms with Gasteiger partial charge in [0.05, 0.1) is 18.3 Å². The summed E-state index contributed by atoms with van der Waals surface area (Å²) < 4.78 is 39.7. The maximum Gasteiger partial charge on any atom is 0.157 e. The van der Waals surface area contributed by atoms with E-state index in [1.54, 1.807) is 0 Å². The van der Waals surface area contributed by atoms with Crippen LogP contribution in [-0.2, 0) is 28.4 Å². The third kappa shape index (κ3) is 6.75. The predicted molar refractivity (Wildman–Crippen MR) is 177 cm³/mol. The highest BCUT2D eigenvalue weighted by atomic mass is 16.7. The van der Waals surface area contributed by atoms with E-state index < -0.39 is 0 Å². The van der Waals surface area contributed by atoms with Crippen LogP contribution in [0.25, 0.3) is 0 Å². The van der Waals surface area contributed by atoms with Crippen molar-refractivity contribution in [1.82, 2.24) is 0 Å². The van der Waals surface area contributed by atoms with Gasteiger partial charge in [0.2, 0.25) is 0 Å². The summed E-state index contributed by atoms with van der Waals surface area (Å²) in [5.74, 6) is 3.39. The number of fused-ring (bicyclic) bond motifs is 5. The van der Waals surface area contributed by atoms with E-state index in [9.17, 15) is 5.11 Å². The van der Waals surface area contributed by atoms with Gasteiger partial charge in [-0.1, -0.05) is 20.8 Å². The van der Waals surface area contributed by atoms with E-state index in [4.69, 9.17) is 28.4 Å². The molecule has 7 heteroatoms. The standard InChI is InChI=1S/C39H66O7/c1-26(11-10-19-40)29-15-16-30-37-31(25-33(39(29,30)3)46-36-14-6-9-22-43-36)38(2)18-17-28(44-34-12-4-7-20-41-34)23-27(38)24-32(37)45-35-13-5-8-21-42-35/h26-37,40H,4-25H2,1-3H3/t26-,27+,28-,29-,30+,31+,32-,33+,34?,35?,36?,37+,38+,39-/m1/s1. The number of rotatable bonds is 10. The van der Waals surface area contributed by atoms with E-state index in [2.05, 4.69) is 20.8 Å². The van der Waals surface area contributed by atoms with Gasteiger partial charge >= 0.3 is 0 Å². The highest BCUT2D eigenvalue weighted by molar-refractivity contribution is 5.15. The molecule has 0 aromatic carbocycles. The van der Waals surface area contributed by atoms with E-state index in [0.717, 1.165) is 96.9 Å². The zero-order valence-electron chi connectivity index (χ0n) is 29.4. The SMILES string of the molecule is C[C@H](CCCO)[C@H]1CC[C@H]2[C@@H]3[C@H](OC4CCCCO4)C[C@@H]4C[C@H](OC5CCCCO5)CC[C@]4(C)[C@H]3C[C@H](OC3CCCCO3)[C@]12C. The van der Waals surface area contributed by atoms with Crippen LogP contribution in [0.5, 0.6) is 0 Å². The number of ether oxygens (including phenoxy) is 6.